The molecule has 0 saturated carbocycles. The molecule has 0 spiro atoms. The van der Waals surface area contributed by atoms with Crippen LogP contribution in [0.5, 0.6) is 0 Å². The van der Waals surface area contributed by atoms with Gasteiger partial charge in [-0.05, 0) is 36.2 Å². The van der Waals surface area contributed by atoms with Crippen molar-refractivity contribution in [2.75, 3.05) is 10.7 Å². The van der Waals surface area contributed by atoms with E-state index in [1.54, 1.807) is 42.7 Å². The maximum Gasteiger partial charge on any atom is 0.230 e. The van der Waals surface area contributed by atoms with Crippen molar-refractivity contribution in [1.82, 2.24) is 4.98 Å². The van der Waals surface area contributed by atoms with Gasteiger partial charge in [-0.1, -0.05) is 53.8 Å². The third-order valence-electron chi connectivity index (χ3n) is 4.89. The topological polar surface area (TPSA) is 80.5 Å². The van der Waals surface area contributed by atoms with Gasteiger partial charge in [0.1, 0.15) is 5.76 Å². The van der Waals surface area contributed by atoms with Crippen LogP contribution < -0.4 is 4.90 Å². The first kappa shape index (κ1) is 21.3. The van der Waals surface area contributed by atoms with Gasteiger partial charge < -0.3 is 4.42 Å². The summed E-state index contributed by atoms with van der Waals surface area (Å²) in [5.41, 5.74) is 2.58. The van der Waals surface area contributed by atoms with E-state index in [0.29, 0.717) is 16.5 Å². The van der Waals surface area contributed by atoms with Crippen LogP contribution in [0.15, 0.2) is 71.3 Å². The molecule has 0 unspecified atom stereocenters. The number of furan rings is 1. The zero-order valence-electron chi connectivity index (χ0n) is 17.0. The Hall–Kier alpha value is -2.97. The summed E-state index contributed by atoms with van der Waals surface area (Å²) in [4.78, 5) is 19.3. The number of para-hydroxylation sites is 1. The first-order valence-electron chi connectivity index (χ1n) is 9.84. The zero-order valence-corrected chi connectivity index (χ0v) is 18.7. The second-order valence-electron chi connectivity index (χ2n) is 7.30. The minimum absolute atomic E-state index is 0.0837. The predicted molar refractivity (Wildman–Crippen MR) is 123 cm³/mol. The van der Waals surface area contributed by atoms with Gasteiger partial charge in [0.2, 0.25) is 5.91 Å². The van der Waals surface area contributed by atoms with Gasteiger partial charge in [0.15, 0.2) is 15.0 Å². The Bertz CT molecular complexity index is 1280. The molecule has 0 saturated heterocycles. The third-order valence-corrected chi connectivity index (χ3v) is 7.53. The number of aryl methyl sites for hydroxylation is 1. The van der Waals surface area contributed by atoms with Crippen molar-refractivity contribution in [3.8, 4) is 0 Å². The van der Waals surface area contributed by atoms with Crippen LogP contribution in [0, 0.1) is 6.92 Å². The molecule has 0 aliphatic heterocycles. The van der Waals surface area contributed by atoms with Gasteiger partial charge in [-0.2, -0.15) is 0 Å². The zero-order chi connectivity index (χ0) is 21.8. The molecule has 8 heteroatoms. The van der Waals surface area contributed by atoms with Crippen molar-refractivity contribution in [2.24, 2.45) is 0 Å². The summed E-state index contributed by atoms with van der Waals surface area (Å²) in [6, 6.07) is 18.4. The molecule has 2 aromatic carbocycles. The van der Waals surface area contributed by atoms with E-state index in [-0.39, 0.29) is 30.4 Å². The van der Waals surface area contributed by atoms with E-state index < -0.39 is 9.84 Å². The third kappa shape index (κ3) is 5.21. The fourth-order valence-electron chi connectivity index (χ4n) is 3.29. The van der Waals surface area contributed by atoms with Crippen LogP contribution in [0.4, 0.5) is 5.13 Å². The average Bonchev–Trinajstić information content (AvgIpc) is 3.41. The molecule has 4 rings (SSSR count). The number of amides is 1. The normalized spacial score (nSPS) is 11.6. The minimum Gasteiger partial charge on any atom is -0.467 e. The van der Waals surface area contributed by atoms with Gasteiger partial charge in [-0.15, -0.1) is 0 Å². The van der Waals surface area contributed by atoms with Gasteiger partial charge in [0.25, 0.3) is 0 Å². The van der Waals surface area contributed by atoms with Crippen molar-refractivity contribution in [1.29, 1.82) is 0 Å². The molecule has 0 bridgehead atoms. The number of fused-ring (bicyclic) bond motifs is 1. The van der Waals surface area contributed by atoms with Gasteiger partial charge >= 0.3 is 0 Å². The molecule has 0 atom stereocenters. The standard InChI is InChI=1S/C23H22N2O4S2/c1-17-7-5-11-20-22(17)24-23(30-20)25(15-19-10-6-13-29-19)21(26)12-14-31(27,28)16-18-8-3-2-4-9-18/h2-11,13H,12,14-16H2,1H3. The molecule has 0 aliphatic carbocycles. The van der Waals surface area contributed by atoms with E-state index in [9.17, 15) is 13.2 Å². The number of hydrogen-bond acceptors (Lipinski definition) is 6. The Labute approximate surface area is 185 Å². The summed E-state index contributed by atoms with van der Waals surface area (Å²) < 4.78 is 31.5. The van der Waals surface area contributed by atoms with E-state index >= 15 is 0 Å². The summed E-state index contributed by atoms with van der Waals surface area (Å²) in [5.74, 6) is 0.0000764. The molecule has 0 radical (unpaired) electrons. The van der Waals surface area contributed by atoms with Gasteiger partial charge in [-0.25, -0.2) is 13.4 Å². The number of thiazole rings is 1. The molecule has 6 nitrogen and oxygen atoms in total. The van der Waals surface area contributed by atoms with Crippen LogP contribution in [0.2, 0.25) is 0 Å². The summed E-state index contributed by atoms with van der Waals surface area (Å²) in [6.07, 6.45) is 1.43. The Morgan fingerprint density at radius 1 is 1.06 bits per heavy atom. The SMILES string of the molecule is Cc1cccc2sc(N(Cc3ccco3)C(=O)CCS(=O)(=O)Cc3ccccc3)nc12. The van der Waals surface area contributed by atoms with E-state index in [2.05, 4.69) is 4.98 Å². The van der Waals surface area contributed by atoms with Crippen LogP contribution in [0.3, 0.4) is 0 Å². The number of rotatable bonds is 8. The number of aromatic nitrogens is 1. The summed E-state index contributed by atoms with van der Waals surface area (Å²) in [7, 11) is -3.43. The van der Waals surface area contributed by atoms with Gasteiger partial charge in [0, 0.05) is 6.42 Å². The molecule has 2 heterocycles. The summed E-state index contributed by atoms with van der Waals surface area (Å²) in [5, 5.41) is 0.533. The smallest absolute Gasteiger partial charge is 0.230 e. The average molecular weight is 455 g/mol. The molecule has 160 valence electrons. The van der Waals surface area contributed by atoms with Crippen molar-refractivity contribution in [3.05, 3.63) is 83.8 Å². The van der Waals surface area contributed by atoms with E-state index in [4.69, 9.17) is 4.42 Å². The second-order valence-corrected chi connectivity index (χ2v) is 10.5. The fourth-order valence-corrected chi connectivity index (χ4v) is 5.68. The molecular weight excluding hydrogens is 432 g/mol. The van der Waals surface area contributed by atoms with E-state index in [1.165, 1.54) is 16.2 Å². The number of anilines is 1. The number of carbonyl (C=O) groups excluding carboxylic acids is 1. The van der Waals surface area contributed by atoms with Crippen molar-refractivity contribution < 1.29 is 17.6 Å². The van der Waals surface area contributed by atoms with Crippen LogP contribution in [-0.4, -0.2) is 25.1 Å². The quantitative estimate of drug-likeness (QED) is 0.384. The van der Waals surface area contributed by atoms with Crippen LogP contribution in [-0.2, 0) is 26.9 Å². The first-order chi connectivity index (χ1) is 14.9. The van der Waals surface area contributed by atoms with E-state index in [1.807, 2.05) is 31.2 Å². The van der Waals surface area contributed by atoms with E-state index in [0.717, 1.165) is 15.8 Å². The molecule has 0 N–H and O–H groups in total. The number of hydrogen-bond donors (Lipinski definition) is 0. The van der Waals surface area contributed by atoms with Crippen molar-refractivity contribution in [3.63, 3.8) is 0 Å². The number of benzene rings is 2. The monoisotopic (exact) mass is 454 g/mol. The van der Waals surface area contributed by atoms with Crippen LogP contribution in [0.25, 0.3) is 10.2 Å². The van der Waals surface area contributed by atoms with Gasteiger partial charge in [-0.3, -0.25) is 9.69 Å². The lowest BCUT2D eigenvalue weighted by Crippen LogP contribution is -2.31. The number of sulfone groups is 1. The maximum atomic E-state index is 13.1. The molecule has 31 heavy (non-hydrogen) atoms. The molecule has 0 aliphatic rings. The highest BCUT2D eigenvalue weighted by Crippen LogP contribution is 2.32. The maximum absolute atomic E-state index is 13.1. The van der Waals surface area contributed by atoms with Gasteiger partial charge in [0.05, 0.1) is 34.5 Å². The molecule has 4 aromatic rings. The second kappa shape index (κ2) is 9.03. The molecular formula is C23H22N2O4S2. The molecule has 2 aromatic heterocycles. The predicted octanol–water partition coefficient (Wildman–Crippen LogP) is 4.74. The van der Waals surface area contributed by atoms with Crippen LogP contribution in [0.1, 0.15) is 23.3 Å². The number of nitrogens with zero attached hydrogens (tertiary/aromatic N) is 2. The lowest BCUT2D eigenvalue weighted by molar-refractivity contribution is -0.118. The first-order valence-corrected chi connectivity index (χ1v) is 12.5. The molecule has 0 fully saturated rings. The Kier molecular flexibility index (Phi) is 6.20. The largest absolute Gasteiger partial charge is 0.467 e. The Morgan fingerprint density at radius 2 is 1.87 bits per heavy atom. The number of carbonyl (C=O) groups is 1. The van der Waals surface area contributed by atoms with Crippen molar-refractivity contribution in [2.45, 2.75) is 25.6 Å². The Balaban J connectivity index is 1.54. The summed E-state index contributed by atoms with van der Waals surface area (Å²) in [6.45, 7) is 2.17. The molecule has 1 amide bonds. The lowest BCUT2D eigenvalue weighted by Gasteiger charge is -2.18. The summed E-state index contributed by atoms with van der Waals surface area (Å²) >= 11 is 1.41. The highest BCUT2D eigenvalue weighted by molar-refractivity contribution is 7.90. The highest BCUT2D eigenvalue weighted by Gasteiger charge is 2.24. The minimum atomic E-state index is -3.43. The Morgan fingerprint density at radius 3 is 2.58 bits per heavy atom. The van der Waals surface area contributed by atoms with Crippen molar-refractivity contribution >= 4 is 42.4 Å². The lowest BCUT2D eigenvalue weighted by atomic mass is 10.2. The highest BCUT2D eigenvalue weighted by atomic mass is 32.2. The van der Waals surface area contributed by atoms with Crippen LogP contribution >= 0.6 is 11.3 Å². The fraction of sp³-hybridized carbons (Fsp3) is 0.217.